The molecule has 0 spiro atoms. The van der Waals surface area contributed by atoms with Crippen LogP contribution < -0.4 is 0 Å². The summed E-state index contributed by atoms with van der Waals surface area (Å²) in [6.07, 6.45) is 1.33. The predicted octanol–water partition coefficient (Wildman–Crippen LogP) is 2.19. The Morgan fingerprint density at radius 2 is 2.14 bits per heavy atom. The molecule has 70 valence electrons. The van der Waals surface area contributed by atoms with E-state index in [1.165, 1.54) is 12.3 Å². The summed E-state index contributed by atoms with van der Waals surface area (Å²) in [6, 6.07) is 4.63. The minimum atomic E-state index is -0.472. The van der Waals surface area contributed by atoms with E-state index in [2.05, 4.69) is 10.2 Å². The number of halogens is 1. The first kappa shape index (κ1) is 8.83. The Bertz CT molecular complexity index is 515. The van der Waals surface area contributed by atoms with E-state index in [1.54, 1.807) is 12.1 Å². The number of hydrogen-bond donors (Lipinski definition) is 0. The summed E-state index contributed by atoms with van der Waals surface area (Å²) in [5.41, 5.74) is -0.0145. The lowest BCUT2D eigenvalue weighted by Gasteiger charge is -1.98. The summed E-state index contributed by atoms with van der Waals surface area (Å²) in [5, 5.41) is 18.9. The maximum atomic E-state index is 10.6. The molecule has 0 bridgehead atoms. The quantitative estimate of drug-likeness (QED) is 0.533. The molecule has 0 atom stereocenters. The maximum absolute atomic E-state index is 10.6. The van der Waals surface area contributed by atoms with Gasteiger partial charge in [0.1, 0.15) is 0 Å². The van der Waals surface area contributed by atoms with Crippen LogP contribution in [0.25, 0.3) is 10.8 Å². The Labute approximate surface area is 83.5 Å². The standard InChI is InChI=1S/C8H4ClN3O2/c9-8-5-2-1-3-7(12(13)14)6(5)4-10-11-8/h1-4H. The molecule has 0 aliphatic carbocycles. The lowest BCUT2D eigenvalue weighted by molar-refractivity contribution is -0.383. The molecular weight excluding hydrogens is 206 g/mol. The van der Waals surface area contributed by atoms with Gasteiger partial charge < -0.3 is 0 Å². The first-order valence-electron chi connectivity index (χ1n) is 3.74. The summed E-state index contributed by atoms with van der Waals surface area (Å²) in [7, 11) is 0. The van der Waals surface area contributed by atoms with Crippen molar-refractivity contribution in [1.82, 2.24) is 10.2 Å². The van der Waals surface area contributed by atoms with Crippen molar-refractivity contribution in [2.75, 3.05) is 0 Å². The molecule has 1 aromatic heterocycles. The van der Waals surface area contributed by atoms with Crippen molar-refractivity contribution in [3.05, 3.63) is 39.7 Å². The second-order valence-electron chi connectivity index (χ2n) is 2.63. The number of aromatic nitrogens is 2. The van der Waals surface area contributed by atoms with E-state index in [4.69, 9.17) is 11.6 Å². The molecule has 2 aromatic rings. The van der Waals surface area contributed by atoms with Crippen LogP contribution in [0.4, 0.5) is 5.69 Å². The second kappa shape index (κ2) is 3.19. The lowest BCUT2D eigenvalue weighted by Crippen LogP contribution is -1.91. The van der Waals surface area contributed by atoms with Gasteiger partial charge in [0, 0.05) is 11.5 Å². The Hall–Kier alpha value is -1.75. The third kappa shape index (κ3) is 1.27. The number of non-ortho nitro benzene ring substituents is 1. The molecule has 0 amide bonds. The van der Waals surface area contributed by atoms with Crippen LogP contribution in [0.5, 0.6) is 0 Å². The Balaban J connectivity index is 2.88. The van der Waals surface area contributed by atoms with Crippen molar-refractivity contribution < 1.29 is 4.92 Å². The molecular formula is C8H4ClN3O2. The van der Waals surface area contributed by atoms with E-state index >= 15 is 0 Å². The van der Waals surface area contributed by atoms with E-state index in [0.29, 0.717) is 10.8 Å². The zero-order chi connectivity index (χ0) is 10.1. The van der Waals surface area contributed by atoms with Crippen molar-refractivity contribution in [1.29, 1.82) is 0 Å². The van der Waals surface area contributed by atoms with Gasteiger partial charge in [-0.05, 0) is 0 Å². The van der Waals surface area contributed by atoms with Crippen LogP contribution >= 0.6 is 11.6 Å². The topological polar surface area (TPSA) is 68.9 Å². The predicted molar refractivity (Wildman–Crippen MR) is 51.2 cm³/mol. The van der Waals surface area contributed by atoms with Gasteiger partial charge in [0.15, 0.2) is 5.15 Å². The van der Waals surface area contributed by atoms with Crippen LogP contribution in [0.3, 0.4) is 0 Å². The number of nitro groups is 1. The highest BCUT2D eigenvalue weighted by atomic mass is 35.5. The molecule has 0 aliphatic heterocycles. The summed E-state index contributed by atoms with van der Waals surface area (Å²) >= 11 is 5.74. The second-order valence-corrected chi connectivity index (χ2v) is 2.99. The molecule has 0 fully saturated rings. The van der Waals surface area contributed by atoms with E-state index in [9.17, 15) is 10.1 Å². The van der Waals surface area contributed by atoms with E-state index in [-0.39, 0.29) is 10.8 Å². The highest BCUT2D eigenvalue weighted by Crippen LogP contribution is 2.27. The van der Waals surface area contributed by atoms with Crippen LogP contribution in [-0.4, -0.2) is 15.1 Å². The largest absolute Gasteiger partial charge is 0.278 e. The average molecular weight is 210 g/mol. The molecule has 0 saturated carbocycles. The zero-order valence-electron chi connectivity index (χ0n) is 6.85. The smallest absolute Gasteiger partial charge is 0.258 e. The number of fused-ring (bicyclic) bond motifs is 1. The number of nitro benzene ring substituents is 1. The van der Waals surface area contributed by atoms with Crippen molar-refractivity contribution in [3.8, 4) is 0 Å². The van der Waals surface area contributed by atoms with E-state index in [1.807, 2.05) is 0 Å². The third-order valence-electron chi connectivity index (χ3n) is 1.83. The average Bonchev–Trinajstić information content (AvgIpc) is 2.17. The molecule has 0 N–H and O–H groups in total. The Morgan fingerprint density at radius 1 is 1.36 bits per heavy atom. The maximum Gasteiger partial charge on any atom is 0.278 e. The molecule has 1 heterocycles. The molecule has 0 saturated heterocycles. The minimum Gasteiger partial charge on any atom is -0.258 e. The van der Waals surface area contributed by atoms with Gasteiger partial charge in [-0.15, -0.1) is 5.10 Å². The van der Waals surface area contributed by atoms with Crippen LogP contribution in [-0.2, 0) is 0 Å². The van der Waals surface area contributed by atoms with Gasteiger partial charge in [-0.3, -0.25) is 10.1 Å². The Morgan fingerprint density at radius 3 is 2.86 bits per heavy atom. The van der Waals surface area contributed by atoms with Crippen LogP contribution in [0.15, 0.2) is 24.4 Å². The minimum absolute atomic E-state index is 0.0145. The van der Waals surface area contributed by atoms with E-state index < -0.39 is 4.92 Å². The number of nitrogens with zero attached hydrogens (tertiary/aromatic N) is 3. The first-order valence-corrected chi connectivity index (χ1v) is 4.12. The number of benzene rings is 1. The molecule has 2 rings (SSSR count). The van der Waals surface area contributed by atoms with Crippen molar-refractivity contribution in [2.45, 2.75) is 0 Å². The highest BCUT2D eigenvalue weighted by molar-refractivity contribution is 6.34. The van der Waals surface area contributed by atoms with Gasteiger partial charge in [-0.25, -0.2) is 0 Å². The van der Waals surface area contributed by atoms with Gasteiger partial charge in [0.25, 0.3) is 5.69 Å². The SMILES string of the molecule is O=[N+]([O-])c1cccc2c(Cl)nncc12. The van der Waals surface area contributed by atoms with Crippen LogP contribution in [0.2, 0.25) is 5.15 Å². The van der Waals surface area contributed by atoms with Gasteiger partial charge in [0.2, 0.25) is 0 Å². The molecule has 6 heteroatoms. The van der Waals surface area contributed by atoms with Crippen LogP contribution in [0.1, 0.15) is 0 Å². The van der Waals surface area contributed by atoms with Crippen LogP contribution in [0, 0.1) is 10.1 Å². The number of hydrogen-bond acceptors (Lipinski definition) is 4. The molecule has 0 unspecified atom stereocenters. The zero-order valence-corrected chi connectivity index (χ0v) is 7.60. The van der Waals surface area contributed by atoms with Crippen molar-refractivity contribution in [3.63, 3.8) is 0 Å². The van der Waals surface area contributed by atoms with Gasteiger partial charge in [-0.1, -0.05) is 23.7 Å². The first-order chi connectivity index (χ1) is 6.70. The summed E-state index contributed by atoms with van der Waals surface area (Å²) in [5.74, 6) is 0. The fraction of sp³-hybridized carbons (Fsp3) is 0. The van der Waals surface area contributed by atoms with Crippen molar-refractivity contribution in [2.24, 2.45) is 0 Å². The van der Waals surface area contributed by atoms with Crippen molar-refractivity contribution >= 4 is 28.1 Å². The lowest BCUT2D eigenvalue weighted by atomic mass is 10.2. The fourth-order valence-corrected chi connectivity index (χ4v) is 1.43. The fourth-order valence-electron chi connectivity index (χ4n) is 1.22. The van der Waals surface area contributed by atoms with Gasteiger partial charge in [-0.2, -0.15) is 5.10 Å². The van der Waals surface area contributed by atoms with E-state index in [0.717, 1.165) is 0 Å². The molecule has 1 aromatic carbocycles. The summed E-state index contributed by atoms with van der Waals surface area (Å²) < 4.78 is 0. The summed E-state index contributed by atoms with van der Waals surface area (Å²) in [4.78, 5) is 10.2. The molecule has 0 radical (unpaired) electrons. The normalized spacial score (nSPS) is 10.4. The number of rotatable bonds is 1. The molecule has 5 nitrogen and oxygen atoms in total. The van der Waals surface area contributed by atoms with Gasteiger partial charge >= 0.3 is 0 Å². The highest BCUT2D eigenvalue weighted by Gasteiger charge is 2.12. The summed E-state index contributed by atoms with van der Waals surface area (Å²) in [6.45, 7) is 0. The molecule has 0 aliphatic rings. The van der Waals surface area contributed by atoms with Gasteiger partial charge in [0.05, 0.1) is 16.5 Å². The third-order valence-corrected chi connectivity index (χ3v) is 2.11. The Kier molecular flexibility index (Phi) is 2.01. The molecule has 14 heavy (non-hydrogen) atoms. The monoisotopic (exact) mass is 209 g/mol.